The molecule has 1 aromatic heterocycles. The highest BCUT2D eigenvalue weighted by Crippen LogP contribution is 2.27. The van der Waals surface area contributed by atoms with Crippen LogP contribution in [0, 0.1) is 5.92 Å². The van der Waals surface area contributed by atoms with Crippen LogP contribution in [0.5, 0.6) is 0 Å². The summed E-state index contributed by atoms with van der Waals surface area (Å²) < 4.78 is 7.05. The third-order valence-electron chi connectivity index (χ3n) is 3.75. The molecule has 116 valence electrons. The van der Waals surface area contributed by atoms with Crippen LogP contribution >= 0.6 is 15.9 Å². The number of halogens is 1. The minimum absolute atomic E-state index is 0.198. The van der Waals surface area contributed by atoms with E-state index in [1.54, 1.807) is 0 Å². The second-order valence-corrected chi connectivity index (χ2v) is 7.25. The van der Waals surface area contributed by atoms with E-state index in [0.29, 0.717) is 12.0 Å². The number of hydrogen-bond donors (Lipinski definition) is 1. The zero-order valence-corrected chi connectivity index (χ0v) is 15.1. The summed E-state index contributed by atoms with van der Waals surface area (Å²) in [5, 5.41) is 4.83. The van der Waals surface area contributed by atoms with Crippen molar-refractivity contribution < 1.29 is 4.42 Å². The van der Waals surface area contributed by atoms with Gasteiger partial charge in [0.05, 0.1) is 6.04 Å². The fraction of sp³-hybridized carbons (Fsp3) is 0.529. The summed E-state index contributed by atoms with van der Waals surface area (Å²) in [5.74, 6) is 1.57. The summed E-state index contributed by atoms with van der Waals surface area (Å²) in [6.07, 6.45) is 0. The lowest BCUT2D eigenvalue weighted by Crippen LogP contribution is -2.43. The van der Waals surface area contributed by atoms with Crippen molar-refractivity contribution in [1.29, 1.82) is 0 Å². The number of hydrogen-bond acceptors (Lipinski definition) is 3. The molecule has 0 aliphatic heterocycles. The van der Waals surface area contributed by atoms with Crippen LogP contribution in [-0.4, -0.2) is 31.6 Å². The lowest BCUT2D eigenvalue weighted by atomic mass is 10.0. The van der Waals surface area contributed by atoms with Crippen molar-refractivity contribution in [1.82, 2.24) is 10.2 Å². The smallest absolute Gasteiger partial charge is 0.134 e. The fourth-order valence-corrected chi connectivity index (χ4v) is 2.88. The zero-order valence-electron chi connectivity index (χ0n) is 13.5. The Morgan fingerprint density at radius 3 is 2.52 bits per heavy atom. The van der Waals surface area contributed by atoms with Gasteiger partial charge < -0.3 is 14.6 Å². The highest BCUT2D eigenvalue weighted by molar-refractivity contribution is 9.10. The lowest BCUT2D eigenvalue weighted by molar-refractivity contribution is 0.264. The molecule has 1 heterocycles. The third-order valence-corrected chi connectivity index (χ3v) is 4.25. The van der Waals surface area contributed by atoms with Crippen molar-refractivity contribution in [3.05, 3.63) is 34.5 Å². The topological polar surface area (TPSA) is 28.4 Å². The van der Waals surface area contributed by atoms with Crippen molar-refractivity contribution in [2.75, 3.05) is 20.6 Å². The Hall–Kier alpha value is -0.840. The van der Waals surface area contributed by atoms with Gasteiger partial charge in [0.25, 0.3) is 0 Å². The molecule has 0 aliphatic carbocycles. The maximum absolute atomic E-state index is 5.97. The Kier molecular flexibility index (Phi) is 5.47. The second kappa shape index (κ2) is 6.95. The van der Waals surface area contributed by atoms with Crippen molar-refractivity contribution >= 4 is 26.9 Å². The van der Waals surface area contributed by atoms with Gasteiger partial charge in [-0.25, -0.2) is 0 Å². The number of furan rings is 1. The summed E-state index contributed by atoms with van der Waals surface area (Å²) in [6, 6.07) is 8.88. The molecule has 0 bridgehead atoms. The molecule has 0 saturated carbocycles. The summed E-state index contributed by atoms with van der Waals surface area (Å²) >= 11 is 3.50. The van der Waals surface area contributed by atoms with Crippen LogP contribution in [0.3, 0.4) is 0 Å². The predicted molar refractivity (Wildman–Crippen MR) is 92.6 cm³/mol. The van der Waals surface area contributed by atoms with Crippen LogP contribution in [0.25, 0.3) is 11.0 Å². The molecule has 2 atom stereocenters. The van der Waals surface area contributed by atoms with Crippen LogP contribution in [0.15, 0.2) is 33.2 Å². The van der Waals surface area contributed by atoms with Gasteiger partial charge in [-0.1, -0.05) is 29.8 Å². The zero-order chi connectivity index (χ0) is 15.6. The second-order valence-electron chi connectivity index (χ2n) is 6.33. The van der Waals surface area contributed by atoms with E-state index < -0.39 is 0 Å². The largest absolute Gasteiger partial charge is 0.459 e. The van der Waals surface area contributed by atoms with Gasteiger partial charge in [0.2, 0.25) is 0 Å². The Morgan fingerprint density at radius 1 is 1.19 bits per heavy atom. The molecule has 0 radical (unpaired) electrons. The third kappa shape index (κ3) is 4.31. The molecule has 2 rings (SSSR count). The van der Waals surface area contributed by atoms with E-state index in [9.17, 15) is 0 Å². The summed E-state index contributed by atoms with van der Waals surface area (Å²) in [7, 11) is 4.22. The van der Waals surface area contributed by atoms with Crippen molar-refractivity contribution in [2.45, 2.75) is 32.9 Å². The highest BCUT2D eigenvalue weighted by Gasteiger charge is 2.19. The number of likely N-dealkylation sites (N-methyl/N-ethyl adjacent to an activating group) is 1. The molecule has 0 spiro atoms. The average molecular weight is 353 g/mol. The average Bonchev–Trinajstić information content (AvgIpc) is 2.80. The Morgan fingerprint density at radius 2 is 1.90 bits per heavy atom. The molecule has 0 amide bonds. The monoisotopic (exact) mass is 352 g/mol. The molecule has 3 nitrogen and oxygen atoms in total. The summed E-state index contributed by atoms with van der Waals surface area (Å²) in [4.78, 5) is 2.22. The molecule has 21 heavy (non-hydrogen) atoms. The van der Waals surface area contributed by atoms with Crippen LogP contribution in [0.4, 0.5) is 0 Å². The van der Waals surface area contributed by atoms with Gasteiger partial charge in [-0.15, -0.1) is 0 Å². The molecular formula is C17H25BrN2O. The van der Waals surface area contributed by atoms with Crippen LogP contribution in [-0.2, 0) is 0 Å². The number of benzene rings is 1. The van der Waals surface area contributed by atoms with Crippen molar-refractivity contribution in [3.63, 3.8) is 0 Å². The molecule has 2 aromatic rings. The summed E-state index contributed by atoms with van der Waals surface area (Å²) in [6.45, 7) is 7.69. The van der Waals surface area contributed by atoms with Crippen LogP contribution in [0.2, 0.25) is 0 Å². The number of nitrogens with one attached hydrogen (secondary N) is 1. The highest BCUT2D eigenvalue weighted by atomic mass is 79.9. The first-order valence-corrected chi connectivity index (χ1v) is 8.26. The first-order valence-electron chi connectivity index (χ1n) is 7.46. The maximum Gasteiger partial charge on any atom is 0.134 e. The molecule has 1 aromatic carbocycles. The van der Waals surface area contributed by atoms with E-state index >= 15 is 0 Å². The van der Waals surface area contributed by atoms with Gasteiger partial charge in [-0.3, -0.25) is 0 Å². The van der Waals surface area contributed by atoms with Gasteiger partial charge >= 0.3 is 0 Å². The Labute approximate surface area is 135 Å². The van der Waals surface area contributed by atoms with Gasteiger partial charge in [0.15, 0.2) is 0 Å². The predicted octanol–water partition coefficient (Wildman–Crippen LogP) is 4.43. The molecule has 1 N–H and O–H groups in total. The van der Waals surface area contributed by atoms with Gasteiger partial charge in [0, 0.05) is 22.4 Å². The van der Waals surface area contributed by atoms with E-state index in [0.717, 1.165) is 27.7 Å². The van der Waals surface area contributed by atoms with Crippen LogP contribution < -0.4 is 5.32 Å². The minimum atomic E-state index is 0.198. The van der Waals surface area contributed by atoms with Crippen molar-refractivity contribution in [3.8, 4) is 0 Å². The number of rotatable bonds is 6. The first-order chi connectivity index (χ1) is 9.86. The first kappa shape index (κ1) is 16.5. The van der Waals surface area contributed by atoms with E-state index in [1.165, 1.54) is 0 Å². The van der Waals surface area contributed by atoms with E-state index in [1.807, 2.05) is 12.1 Å². The van der Waals surface area contributed by atoms with E-state index in [2.05, 4.69) is 73.1 Å². The normalized spacial score (nSPS) is 15.0. The standard InChI is InChI=1S/C17H25BrN2O/c1-11(2)15(10-20(4)5)19-12(3)17-9-13-8-14(18)6-7-16(13)21-17/h6-9,11-12,15,19H,10H2,1-5H3. The Balaban J connectivity index is 2.14. The molecule has 4 heteroatoms. The molecule has 2 unspecified atom stereocenters. The summed E-state index contributed by atoms with van der Waals surface area (Å²) in [5.41, 5.74) is 0.940. The van der Waals surface area contributed by atoms with Gasteiger partial charge in [-0.05, 0) is 51.2 Å². The SMILES string of the molecule is CC(NC(CN(C)C)C(C)C)c1cc2cc(Br)ccc2o1. The number of nitrogens with zero attached hydrogens (tertiary/aromatic N) is 1. The maximum atomic E-state index is 5.97. The molecule has 0 saturated heterocycles. The quantitative estimate of drug-likeness (QED) is 0.833. The minimum Gasteiger partial charge on any atom is -0.459 e. The van der Waals surface area contributed by atoms with Gasteiger partial charge in [0.1, 0.15) is 11.3 Å². The lowest BCUT2D eigenvalue weighted by Gasteiger charge is -2.28. The molecule has 0 aliphatic rings. The number of fused-ring (bicyclic) bond motifs is 1. The van der Waals surface area contributed by atoms with Crippen molar-refractivity contribution in [2.24, 2.45) is 5.92 Å². The molecule has 0 fully saturated rings. The van der Waals surface area contributed by atoms with Gasteiger partial charge in [-0.2, -0.15) is 0 Å². The molecular weight excluding hydrogens is 328 g/mol. The fourth-order valence-electron chi connectivity index (χ4n) is 2.50. The van der Waals surface area contributed by atoms with E-state index in [4.69, 9.17) is 4.42 Å². The van der Waals surface area contributed by atoms with E-state index in [-0.39, 0.29) is 6.04 Å². The van der Waals surface area contributed by atoms with Crippen LogP contribution in [0.1, 0.15) is 32.6 Å². The Bertz CT molecular complexity index is 591.